The maximum Gasteiger partial charge on any atom is 0.209 e. The number of aromatic nitrogens is 3. The molecule has 0 bridgehead atoms. The zero-order chi connectivity index (χ0) is 17.2. The summed E-state index contributed by atoms with van der Waals surface area (Å²) in [6, 6.07) is 6.72. The second kappa shape index (κ2) is 6.80. The first kappa shape index (κ1) is 16.0. The molecule has 6 heteroatoms. The molecule has 1 unspecified atom stereocenters. The van der Waals surface area contributed by atoms with Gasteiger partial charge in [0, 0.05) is 17.8 Å². The first-order valence-electron chi connectivity index (χ1n) is 8.61. The second-order valence-electron chi connectivity index (χ2n) is 6.63. The van der Waals surface area contributed by atoms with Crippen molar-refractivity contribution in [3.63, 3.8) is 0 Å². The number of aryl methyl sites for hydroxylation is 1. The molecule has 0 saturated carbocycles. The number of halogens is 1. The maximum atomic E-state index is 13.0. The number of oxazole rings is 1. The lowest BCUT2D eigenvalue weighted by Crippen LogP contribution is -2.32. The SMILES string of the molecule is Cc1cnn(CC2CCCN2Cc2ncc(-c3ccc(F)cc3)o2)c1. The summed E-state index contributed by atoms with van der Waals surface area (Å²) in [5.41, 5.74) is 2.02. The van der Waals surface area contributed by atoms with Gasteiger partial charge in [0.15, 0.2) is 5.76 Å². The highest BCUT2D eigenvalue weighted by Crippen LogP contribution is 2.24. The standard InChI is InChI=1S/C19H21FN4O/c1-14-9-22-24(11-14)12-17-3-2-8-23(17)13-19-21-10-18(25-19)15-4-6-16(20)7-5-15/h4-7,9-11,17H,2-3,8,12-13H2,1H3. The van der Waals surface area contributed by atoms with Crippen LogP contribution in [0.1, 0.15) is 24.3 Å². The molecule has 5 nitrogen and oxygen atoms in total. The molecule has 3 aromatic rings. The van der Waals surface area contributed by atoms with E-state index < -0.39 is 0 Å². The number of hydrogen-bond donors (Lipinski definition) is 0. The molecule has 1 fully saturated rings. The van der Waals surface area contributed by atoms with E-state index in [0.29, 0.717) is 24.2 Å². The van der Waals surface area contributed by atoms with Crippen molar-refractivity contribution in [3.8, 4) is 11.3 Å². The Kier molecular flexibility index (Phi) is 4.36. The van der Waals surface area contributed by atoms with E-state index in [2.05, 4.69) is 28.1 Å². The van der Waals surface area contributed by atoms with Gasteiger partial charge in [-0.3, -0.25) is 9.58 Å². The smallest absolute Gasteiger partial charge is 0.209 e. The Morgan fingerprint density at radius 1 is 1.24 bits per heavy atom. The molecular weight excluding hydrogens is 319 g/mol. The lowest BCUT2D eigenvalue weighted by molar-refractivity contribution is 0.200. The van der Waals surface area contributed by atoms with E-state index in [1.165, 1.54) is 24.1 Å². The van der Waals surface area contributed by atoms with Crippen LogP contribution in [0.2, 0.25) is 0 Å². The lowest BCUT2D eigenvalue weighted by atomic mass is 10.2. The highest BCUT2D eigenvalue weighted by atomic mass is 19.1. The highest BCUT2D eigenvalue weighted by molar-refractivity contribution is 5.55. The van der Waals surface area contributed by atoms with E-state index in [1.807, 2.05) is 10.9 Å². The minimum atomic E-state index is -0.253. The van der Waals surface area contributed by atoms with Gasteiger partial charge in [-0.25, -0.2) is 9.37 Å². The molecule has 2 aromatic heterocycles. The third-order valence-corrected chi connectivity index (χ3v) is 4.68. The summed E-state index contributed by atoms with van der Waals surface area (Å²) in [6.45, 7) is 4.67. The van der Waals surface area contributed by atoms with E-state index >= 15 is 0 Å². The third kappa shape index (κ3) is 3.64. The van der Waals surface area contributed by atoms with Gasteiger partial charge in [-0.2, -0.15) is 5.10 Å². The number of rotatable bonds is 5. The van der Waals surface area contributed by atoms with Crippen LogP contribution in [0.5, 0.6) is 0 Å². The van der Waals surface area contributed by atoms with E-state index in [4.69, 9.17) is 4.42 Å². The molecule has 1 atom stereocenters. The molecule has 0 amide bonds. The fourth-order valence-electron chi connectivity index (χ4n) is 3.40. The summed E-state index contributed by atoms with van der Waals surface area (Å²) >= 11 is 0. The van der Waals surface area contributed by atoms with Crippen LogP contribution in [0, 0.1) is 12.7 Å². The summed E-state index contributed by atoms with van der Waals surface area (Å²) in [6.07, 6.45) is 8.02. The van der Waals surface area contributed by atoms with Gasteiger partial charge in [0.05, 0.1) is 25.5 Å². The summed E-state index contributed by atoms with van der Waals surface area (Å²) in [4.78, 5) is 6.80. The average molecular weight is 340 g/mol. The van der Waals surface area contributed by atoms with Gasteiger partial charge < -0.3 is 4.42 Å². The minimum absolute atomic E-state index is 0.253. The Morgan fingerprint density at radius 3 is 2.84 bits per heavy atom. The van der Waals surface area contributed by atoms with E-state index in [0.717, 1.165) is 25.1 Å². The summed E-state index contributed by atoms with van der Waals surface area (Å²) in [5, 5.41) is 4.39. The highest BCUT2D eigenvalue weighted by Gasteiger charge is 2.26. The molecule has 130 valence electrons. The Hall–Kier alpha value is -2.47. The van der Waals surface area contributed by atoms with Crippen LogP contribution in [0.3, 0.4) is 0 Å². The summed E-state index contributed by atoms with van der Waals surface area (Å²) in [7, 11) is 0. The number of likely N-dealkylation sites (tertiary alicyclic amines) is 1. The van der Waals surface area contributed by atoms with Crippen molar-refractivity contribution in [2.45, 2.75) is 38.9 Å². The Balaban J connectivity index is 1.43. The molecule has 0 N–H and O–H groups in total. The van der Waals surface area contributed by atoms with Crippen molar-refractivity contribution in [2.24, 2.45) is 0 Å². The van der Waals surface area contributed by atoms with Crippen molar-refractivity contribution < 1.29 is 8.81 Å². The zero-order valence-electron chi connectivity index (χ0n) is 14.2. The Morgan fingerprint density at radius 2 is 2.08 bits per heavy atom. The third-order valence-electron chi connectivity index (χ3n) is 4.68. The van der Waals surface area contributed by atoms with Crippen molar-refractivity contribution in [1.82, 2.24) is 19.7 Å². The summed E-state index contributed by atoms with van der Waals surface area (Å²) in [5.74, 6) is 1.12. The molecule has 1 saturated heterocycles. The molecule has 0 spiro atoms. The quantitative estimate of drug-likeness (QED) is 0.711. The van der Waals surface area contributed by atoms with Crippen molar-refractivity contribution in [2.75, 3.05) is 6.54 Å². The first-order chi connectivity index (χ1) is 12.2. The van der Waals surface area contributed by atoms with Crippen LogP contribution in [0.15, 0.2) is 47.3 Å². The second-order valence-corrected chi connectivity index (χ2v) is 6.63. The Labute approximate surface area is 146 Å². The molecule has 25 heavy (non-hydrogen) atoms. The first-order valence-corrected chi connectivity index (χ1v) is 8.61. The van der Waals surface area contributed by atoms with E-state index in [1.54, 1.807) is 18.3 Å². The van der Waals surface area contributed by atoms with Crippen molar-refractivity contribution in [1.29, 1.82) is 0 Å². The molecule has 1 aromatic carbocycles. The number of nitrogens with zero attached hydrogens (tertiary/aromatic N) is 4. The number of benzene rings is 1. The molecule has 3 heterocycles. The number of hydrogen-bond acceptors (Lipinski definition) is 4. The monoisotopic (exact) mass is 340 g/mol. The van der Waals surface area contributed by atoms with Crippen molar-refractivity contribution >= 4 is 0 Å². The van der Waals surface area contributed by atoms with Gasteiger partial charge in [0.2, 0.25) is 5.89 Å². The predicted octanol–water partition coefficient (Wildman–Crippen LogP) is 3.65. The molecule has 4 rings (SSSR count). The fraction of sp³-hybridized carbons (Fsp3) is 0.368. The summed E-state index contributed by atoms with van der Waals surface area (Å²) < 4.78 is 20.9. The zero-order valence-corrected chi connectivity index (χ0v) is 14.2. The molecule has 0 radical (unpaired) electrons. The van der Waals surface area contributed by atoms with Crippen molar-refractivity contribution in [3.05, 3.63) is 60.1 Å². The molecular formula is C19H21FN4O. The van der Waals surface area contributed by atoms with Crippen LogP contribution in [0.4, 0.5) is 4.39 Å². The van der Waals surface area contributed by atoms with Crippen LogP contribution < -0.4 is 0 Å². The van der Waals surface area contributed by atoms with Crippen LogP contribution in [0.25, 0.3) is 11.3 Å². The lowest BCUT2D eigenvalue weighted by Gasteiger charge is -2.22. The largest absolute Gasteiger partial charge is 0.439 e. The molecule has 0 aliphatic carbocycles. The predicted molar refractivity (Wildman–Crippen MR) is 92.3 cm³/mol. The maximum absolute atomic E-state index is 13.0. The van der Waals surface area contributed by atoms with Gasteiger partial charge in [-0.1, -0.05) is 0 Å². The molecule has 1 aliphatic heterocycles. The van der Waals surface area contributed by atoms with Gasteiger partial charge in [-0.15, -0.1) is 0 Å². The Bertz CT molecular complexity index is 839. The van der Waals surface area contributed by atoms with E-state index in [9.17, 15) is 4.39 Å². The topological polar surface area (TPSA) is 47.1 Å². The van der Waals surface area contributed by atoms with Gasteiger partial charge in [0.1, 0.15) is 5.82 Å². The van der Waals surface area contributed by atoms with Gasteiger partial charge in [0.25, 0.3) is 0 Å². The van der Waals surface area contributed by atoms with Gasteiger partial charge >= 0.3 is 0 Å². The average Bonchev–Trinajstić information content (AvgIpc) is 3.32. The minimum Gasteiger partial charge on any atom is -0.439 e. The van der Waals surface area contributed by atoms with Crippen LogP contribution >= 0.6 is 0 Å². The van der Waals surface area contributed by atoms with Gasteiger partial charge in [-0.05, 0) is 56.1 Å². The van der Waals surface area contributed by atoms with E-state index in [-0.39, 0.29) is 5.82 Å². The molecule has 1 aliphatic rings. The van der Waals surface area contributed by atoms with Crippen LogP contribution in [-0.2, 0) is 13.1 Å². The fourth-order valence-corrected chi connectivity index (χ4v) is 3.40. The normalized spacial score (nSPS) is 18.1. The van der Waals surface area contributed by atoms with Crippen LogP contribution in [-0.4, -0.2) is 32.3 Å².